The molecule has 0 aromatic heterocycles. The van der Waals surface area contributed by atoms with E-state index < -0.39 is 24.0 Å². The lowest BCUT2D eigenvalue weighted by atomic mass is 9.95. The van der Waals surface area contributed by atoms with Crippen LogP contribution >= 0.6 is 27.5 Å². The molecule has 0 aliphatic heterocycles. The molecule has 0 radical (unpaired) electrons. The molecule has 1 aromatic carbocycles. The molecular weight excluding hydrogens is 364 g/mol. The number of esters is 2. The summed E-state index contributed by atoms with van der Waals surface area (Å²) in [4.78, 5) is 23.9. The number of benzene rings is 1. The Hall–Kier alpha value is -1.11. The van der Waals surface area contributed by atoms with Crippen molar-refractivity contribution in [3.63, 3.8) is 0 Å². The highest BCUT2D eigenvalue weighted by Crippen LogP contribution is 2.32. The molecule has 7 heteroatoms. The Bertz CT molecular complexity index is 502. The van der Waals surface area contributed by atoms with Gasteiger partial charge >= 0.3 is 11.9 Å². The third-order valence-electron chi connectivity index (χ3n) is 2.67. The van der Waals surface area contributed by atoms with Crippen molar-refractivity contribution in [2.24, 2.45) is 5.92 Å². The van der Waals surface area contributed by atoms with E-state index in [4.69, 9.17) is 21.1 Å². The fourth-order valence-corrected chi connectivity index (χ4v) is 2.40. The Labute approximate surface area is 136 Å². The van der Waals surface area contributed by atoms with Crippen LogP contribution in [0.15, 0.2) is 22.7 Å². The fraction of sp³-hybridized carbons (Fsp3) is 0.429. The summed E-state index contributed by atoms with van der Waals surface area (Å²) < 4.78 is 10.2. The van der Waals surface area contributed by atoms with Crippen LogP contribution < -0.4 is 0 Å². The van der Waals surface area contributed by atoms with Gasteiger partial charge in [-0.05, 0) is 37.6 Å². The molecule has 1 N–H and O–H groups in total. The molecule has 1 aromatic rings. The van der Waals surface area contributed by atoms with Crippen molar-refractivity contribution < 1.29 is 24.2 Å². The Morgan fingerprint density at radius 3 is 2.24 bits per heavy atom. The van der Waals surface area contributed by atoms with Gasteiger partial charge in [0.25, 0.3) is 0 Å². The van der Waals surface area contributed by atoms with Gasteiger partial charge in [-0.2, -0.15) is 0 Å². The molecule has 0 aliphatic carbocycles. The van der Waals surface area contributed by atoms with Gasteiger partial charge in [-0.15, -0.1) is 0 Å². The van der Waals surface area contributed by atoms with E-state index in [1.807, 2.05) is 0 Å². The van der Waals surface area contributed by atoms with Crippen LogP contribution in [0.3, 0.4) is 0 Å². The van der Waals surface area contributed by atoms with E-state index in [9.17, 15) is 14.7 Å². The van der Waals surface area contributed by atoms with Gasteiger partial charge in [0.1, 0.15) is 6.10 Å². The highest BCUT2D eigenvalue weighted by atomic mass is 79.9. The molecule has 0 aliphatic rings. The Kier molecular flexibility index (Phi) is 7.14. The number of carbonyl (C=O) groups is 2. The number of aliphatic hydroxyl groups excluding tert-OH is 1. The van der Waals surface area contributed by atoms with E-state index >= 15 is 0 Å². The van der Waals surface area contributed by atoms with Crippen molar-refractivity contribution in [3.05, 3.63) is 33.3 Å². The first kappa shape index (κ1) is 17.9. The minimum absolute atomic E-state index is 0.0954. The Balaban J connectivity index is 3.14. The maximum atomic E-state index is 11.9. The van der Waals surface area contributed by atoms with Crippen LogP contribution in [0, 0.1) is 5.92 Å². The van der Waals surface area contributed by atoms with Crippen molar-refractivity contribution in [1.82, 2.24) is 0 Å². The van der Waals surface area contributed by atoms with Gasteiger partial charge in [-0.25, -0.2) is 0 Å². The zero-order valence-corrected chi connectivity index (χ0v) is 14.0. The van der Waals surface area contributed by atoms with E-state index in [0.29, 0.717) is 15.1 Å². The van der Waals surface area contributed by atoms with Gasteiger partial charge in [0.15, 0.2) is 5.92 Å². The maximum absolute atomic E-state index is 11.9. The quantitative estimate of drug-likeness (QED) is 0.608. The number of hydrogen-bond donors (Lipinski definition) is 1. The lowest BCUT2D eigenvalue weighted by Gasteiger charge is -2.21. The zero-order valence-electron chi connectivity index (χ0n) is 11.6. The normalized spacial score (nSPS) is 12.1. The van der Waals surface area contributed by atoms with Crippen LogP contribution in [-0.2, 0) is 19.1 Å². The molecule has 0 bridgehead atoms. The molecule has 0 spiro atoms. The Morgan fingerprint density at radius 2 is 1.76 bits per heavy atom. The largest absolute Gasteiger partial charge is 0.465 e. The summed E-state index contributed by atoms with van der Waals surface area (Å²) in [5.41, 5.74) is 0.314. The molecular formula is C14H16BrClO5. The van der Waals surface area contributed by atoms with E-state index in [1.165, 1.54) is 6.07 Å². The monoisotopic (exact) mass is 378 g/mol. The summed E-state index contributed by atoms with van der Waals surface area (Å²) in [7, 11) is 0. The second-order valence-corrected chi connectivity index (χ2v) is 5.38. The number of rotatable bonds is 6. The third kappa shape index (κ3) is 4.69. The molecule has 1 atom stereocenters. The standard InChI is InChI=1S/C14H16BrClO5/c1-3-20-13(18)11(14(19)21-4-2)12(17)9-7-8(16)5-6-10(9)15/h5-7,11-12,17H,3-4H2,1-2H3. The first-order valence-corrected chi connectivity index (χ1v) is 7.55. The average molecular weight is 380 g/mol. The number of aliphatic hydroxyl groups is 1. The van der Waals surface area contributed by atoms with E-state index in [1.54, 1.807) is 26.0 Å². The number of hydrogen-bond acceptors (Lipinski definition) is 5. The molecule has 5 nitrogen and oxygen atoms in total. The zero-order chi connectivity index (χ0) is 16.0. The lowest BCUT2D eigenvalue weighted by Crippen LogP contribution is -2.33. The topological polar surface area (TPSA) is 72.8 Å². The summed E-state index contributed by atoms with van der Waals surface area (Å²) in [6.45, 7) is 3.42. The van der Waals surface area contributed by atoms with Gasteiger partial charge in [0.2, 0.25) is 0 Å². The maximum Gasteiger partial charge on any atom is 0.323 e. The van der Waals surface area contributed by atoms with Crippen LogP contribution in [0.5, 0.6) is 0 Å². The molecule has 0 fully saturated rings. The summed E-state index contributed by atoms with van der Waals surface area (Å²) in [6.07, 6.45) is -1.42. The molecule has 1 unspecified atom stereocenters. The van der Waals surface area contributed by atoms with Crippen LogP contribution in [-0.4, -0.2) is 30.3 Å². The minimum atomic E-state index is -1.46. The summed E-state index contributed by atoms with van der Waals surface area (Å²) in [5.74, 6) is -3.13. The number of carbonyl (C=O) groups excluding carboxylic acids is 2. The van der Waals surface area contributed by atoms with Crippen molar-refractivity contribution in [1.29, 1.82) is 0 Å². The number of ether oxygens (including phenoxy) is 2. The van der Waals surface area contributed by atoms with Gasteiger partial charge in [-0.1, -0.05) is 27.5 Å². The Morgan fingerprint density at radius 1 is 1.24 bits per heavy atom. The average Bonchev–Trinajstić information content (AvgIpc) is 2.42. The SMILES string of the molecule is CCOC(=O)C(C(=O)OCC)C(O)c1cc(Cl)ccc1Br. The first-order valence-electron chi connectivity index (χ1n) is 6.38. The van der Waals surface area contributed by atoms with E-state index in [0.717, 1.165) is 0 Å². The summed E-state index contributed by atoms with van der Waals surface area (Å²) >= 11 is 9.14. The highest BCUT2D eigenvalue weighted by molar-refractivity contribution is 9.10. The van der Waals surface area contributed by atoms with Crippen molar-refractivity contribution in [3.8, 4) is 0 Å². The molecule has 21 heavy (non-hydrogen) atoms. The van der Waals surface area contributed by atoms with E-state index in [2.05, 4.69) is 15.9 Å². The molecule has 1 rings (SSSR count). The van der Waals surface area contributed by atoms with Crippen molar-refractivity contribution in [2.75, 3.05) is 13.2 Å². The van der Waals surface area contributed by atoms with Crippen LogP contribution in [0.4, 0.5) is 0 Å². The predicted octanol–water partition coefficient (Wildman–Crippen LogP) is 2.88. The van der Waals surface area contributed by atoms with Crippen LogP contribution in [0.2, 0.25) is 5.02 Å². The second kappa shape index (κ2) is 8.36. The second-order valence-electron chi connectivity index (χ2n) is 4.09. The van der Waals surface area contributed by atoms with Gasteiger partial charge < -0.3 is 14.6 Å². The third-order valence-corrected chi connectivity index (χ3v) is 3.63. The summed E-state index contributed by atoms with van der Waals surface area (Å²) in [6, 6.07) is 4.71. The summed E-state index contributed by atoms with van der Waals surface area (Å²) in [5, 5.41) is 10.8. The molecule has 0 heterocycles. The molecule has 0 amide bonds. The fourth-order valence-electron chi connectivity index (χ4n) is 1.74. The minimum Gasteiger partial charge on any atom is -0.465 e. The highest BCUT2D eigenvalue weighted by Gasteiger charge is 2.38. The van der Waals surface area contributed by atoms with Gasteiger partial charge in [0, 0.05) is 9.50 Å². The van der Waals surface area contributed by atoms with Crippen molar-refractivity contribution in [2.45, 2.75) is 20.0 Å². The first-order chi connectivity index (χ1) is 9.92. The lowest BCUT2D eigenvalue weighted by molar-refractivity contribution is -0.167. The smallest absolute Gasteiger partial charge is 0.323 e. The van der Waals surface area contributed by atoms with Crippen LogP contribution in [0.1, 0.15) is 25.5 Å². The molecule has 116 valence electrons. The van der Waals surface area contributed by atoms with Gasteiger partial charge in [-0.3, -0.25) is 9.59 Å². The van der Waals surface area contributed by atoms with Gasteiger partial charge in [0.05, 0.1) is 13.2 Å². The molecule has 0 saturated carbocycles. The van der Waals surface area contributed by atoms with E-state index in [-0.39, 0.29) is 13.2 Å². The predicted molar refractivity (Wildman–Crippen MR) is 80.9 cm³/mol. The van der Waals surface area contributed by atoms with Crippen LogP contribution in [0.25, 0.3) is 0 Å². The van der Waals surface area contributed by atoms with Crippen molar-refractivity contribution >= 4 is 39.5 Å². The number of halogens is 2. The molecule has 0 saturated heterocycles.